The van der Waals surface area contributed by atoms with Crippen LogP contribution in [0.4, 0.5) is 5.69 Å². The molecule has 2 amide bonds. The van der Waals surface area contributed by atoms with Crippen LogP contribution in [0.2, 0.25) is 0 Å². The number of quaternary nitrogens is 1. The van der Waals surface area contributed by atoms with E-state index in [1.165, 1.54) is 6.07 Å². The van der Waals surface area contributed by atoms with Gasteiger partial charge in [0.1, 0.15) is 6.04 Å². The first-order valence-corrected chi connectivity index (χ1v) is 12.0. The Labute approximate surface area is 206 Å². The highest BCUT2D eigenvalue weighted by Gasteiger charge is 2.48. The zero-order chi connectivity index (χ0) is 24.8. The van der Waals surface area contributed by atoms with Gasteiger partial charge in [-0.25, -0.2) is 10.2 Å². The monoisotopic (exact) mass is 486 g/mol. The van der Waals surface area contributed by atoms with Crippen molar-refractivity contribution in [1.82, 2.24) is 24.3 Å². The quantitative estimate of drug-likeness (QED) is 0.357. The number of hydrogen-bond acceptors (Lipinski definition) is 5. The number of carbonyl (C=O) groups is 2. The molecule has 2 aliphatic heterocycles. The van der Waals surface area contributed by atoms with Gasteiger partial charge >= 0.3 is 0 Å². The van der Waals surface area contributed by atoms with Crippen molar-refractivity contribution in [1.29, 1.82) is 0 Å². The molecule has 0 spiro atoms. The van der Waals surface area contributed by atoms with Crippen LogP contribution in [0.25, 0.3) is 10.9 Å². The number of imidazole rings is 1. The molecule has 184 valence electrons. The molecule has 2 aromatic carbocycles. The molecule has 0 aliphatic carbocycles. The van der Waals surface area contributed by atoms with Crippen LogP contribution in [-0.4, -0.2) is 60.5 Å². The summed E-state index contributed by atoms with van der Waals surface area (Å²) in [6, 6.07) is 13.3. The molecular weight excluding hydrogens is 460 g/mol. The van der Waals surface area contributed by atoms with Crippen molar-refractivity contribution < 1.29 is 20.0 Å². The number of aromatic nitrogens is 3. The van der Waals surface area contributed by atoms with Crippen LogP contribution in [0.15, 0.2) is 67.3 Å². The molecule has 4 heterocycles. The van der Waals surface area contributed by atoms with E-state index in [4.69, 9.17) is 0 Å². The molecule has 4 aromatic rings. The Kier molecular flexibility index (Phi) is 5.56. The Morgan fingerprint density at radius 3 is 2.81 bits per heavy atom. The summed E-state index contributed by atoms with van der Waals surface area (Å²) in [4.78, 5) is 38.1. The molecule has 36 heavy (non-hydrogen) atoms. The summed E-state index contributed by atoms with van der Waals surface area (Å²) in [6.45, 7) is 1.19. The van der Waals surface area contributed by atoms with Gasteiger partial charge in [0, 0.05) is 60.6 Å². The Morgan fingerprint density at radius 2 is 2.00 bits per heavy atom. The number of rotatable bonds is 6. The summed E-state index contributed by atoms with van der Waals surface area (Å²) in [5, 5.41) is 21.3. The fourth-order valence-electron chi connectivity index (χ4n) is 5.56. The molecule has 10 heteroatoms. The predicted molar refractivity (Wildman–Crippen MR) is 130 cm³/mol. The van der Waals surface area contributed by atoms with Crippen molar-refractivity contribution >= 4 is 28.4 Å². The number of hydrogen-bond donors (Lipinski definition) is 3. The lowest BCUT2D eigenvalue weighted by atomic mass is 9.86. The molecule has 1 fully saturated rings. The lowest BCUT2D eigenvalue weighted by Gasteiger charge is -2.47. The predicted octanol–water partition coefficient (Wildman–Crippen LogP) is 1.54. The van der Waals surface area contributed by atoms with E-state index in [2.05, 4.69) is 9.97 Å². The van der Waals surface area contributed by atoms with Crippen molar-refractivity contribution in [3.05, 3.63) is 89.3 Å². The van der Waals surface area contributed by atoms with Gasteiger partial charge in [0.25, 0.3) is 0 Å². The average Bonchev–Trinajstić information content (AvgIpc) is 3.53. The minimum Gasteiger partial charge on any atom is -0.595 e. The van der Waals surface area contributed by atoms with E-state index in [0.717, 1.165) is 22.2 Å². The number of nitrogens with zero attached hydrogens (tertiary/aromatic N) is 4. The molecule has 0 saturated carbocycles. The summed E-state index contributed by atoms with van der Waals surface area (Å²) < 4.78 is 1.95. The fourth-order valence-corrected chi connectivity index (χ4v) is 5.56. The lowest BCUT2D eigenvalue weighted by molar-refractivity contribution is -0.991. The Balaban J connectivity index is 1.38. The molecular formula is C26H26N6O4. The van der Waals surface area contributed by atoms with Crippen LogP contribution >= 0.6 is 0 Å². The maximum atomic E-state index is 13.7. The molecule has 6 rings (SSSR count). The number of aromatic amines is 1. The van der Waals surface area contributed by atoms with E-state index in [0.29, 0.717) is 31.5 Å². The van der Waals surface area contributed by atoms with Crippen molar-refractivity contribution in [3.8, 4) is 0 Å². The molecule has 2 aliphatic rings. The summed E-state index contributed by atoms with van der Waals surface area (Å²) in [6.07, 6.45) is 6.45. The van der Waals surface area contributed by atoms with Gasteiger partial charge in [-0.2, -0.15) is 5.23 Å². The fraction of sp³-hybridized carbons (Fsp3) is 0.269. The van der Waals surface area contributed by atoms with Gasteiger partial charge in [0.2, 0.25) is 11.8 Å². The number of benzene rings is 2. The summed E-state index contributed by atoms with van der Waals surface area (Å²) in [5.74, 6) is -0.215. The van der Waals surface area contributed by atoms with Gasteiger partial charge in [-0.1, -0.05) is 30.3 Å². The van der Waals surface area contributed by atoms with Crippen molar-refractivity contribution in [2.75, 3.05) is 13.1 Å². The highest BCUT2D eigenvalue weighted by atomic mass is 16.8. The minimum atomic E-state index is -1.04. The maximum absolute atomic E-state index is 13.7. The van der Waals surface area contributed by atoms with Crippen molar-refractivity contribution in [3.63, 3.8) is 0 Å². The van der Waals surface area contributed by atoms with E-state index >= 15 is 0 Å². The molecule has 3 N–H and O–H groups in total. The summed E-state index contributed by atoms with van der Waals surface area (Å²) in [7, 11) is 0. The van der Waals surface area contributed by atoms with Crippen LogP contribution in [0.1, 0.15) is 29.3 Å². The molecule has 3 atom stereocenters. The number of amides is 2. The highest BCUT2D eigenvalue weighted by Crippen LogP contribution is 2.42. The molecule has 0 radical (unpaired) electrons. The normalized spacial score (nSPS) is 20.5. The second-order valence-electron chi connectivity index (χ2n) is 9.33. The first kappa shape index (κ1) is 22.5. The smallest absolute Gasteiger partial charge is 0.246 e. The first-order chi connectivity index (χ1) is 17.5. The minimum absolute atomic E-state index is 0.00391. The van der Waals surface area contributed by atoms with Crippen molar-refractivity contribution in [2.45, 2.75) is 31.5 Å². The molecule has 10 nitrogen and oxygen atoms in total. The van der Waals surface area contributed by atoms with Gasteiger partial charge in [0.15, 0.2) is 5.69 Å². The topological polar surface area (TPSA) is 122 Å². The Morgan fingerprint density at radius 1 is 1.14 bits per heavy atom. The number of piperazine rings is 1. The van der Waals surface area contributed by atoms with Gasteiger partial charge in [-0.05, 0) is 23.6 Å². The third kappa shape index (κ3) is 3.76. The van der Waals surface area contributed by atoms with Crippen molar-refractivity contribution in [2.24, 2.45) is 0 Å². The van der Waals surface area contributed by atoms with Crippen LogP contribution in [0.3, 0.4) is 0 Å². The molecule has 0 bridgehead atoms. The third-order valence-electron chi connectivity index (χ3n) is 7.20. The second-order valence-corrected chi connectivity index (χ2v) is 9.33. The van der Waals surface area contributed by atoms with Crippen LogP contribution in [0, 0.1) is 5.21 Å². The zero-order valence-corrected chi connectivity index (χ0v) is 19.5. The van der Waals surface area contributed by atoms with Crippen LogP contribution in [0.5, 0.6) is 0 Å². The maximum Gasteiger partial charge on any atom is 0.246 e. The van der Waals surface area contributed by atoms with E-state index in [1.807, 2.05) is 41.1 Å². The summed E-state index contributed by atoms with van der Waals surface area (Å²) >= 11 is 0. The number of aryl methyl sites for hydroxylation is 1. The third-order valence-corrected chi connectivity index (χ3v) is 7.20. The van der Waals surface area contributed by atoms with Gasteiger partial charge in [0.05, 0.1) is 18.9 Å². The first-order valence-electron chi connectivity index (χ1n) is 12.0. The number of para-hydroxylation sites is 1. The van der Waals surface area contributed by atoms with Crippen LogP contribution in [-0.2, 0) is 22.6 Å². The molecule has 1 saturated heterocycles. The number of H-pyrrole nitrogens is 1. The molecule has 2 unspecified atom stereocenters. The lowest BCUT2D eigenvalue weighted by Crippen LogP contribution is -2.99. The van der Waals surface area contributed by atoms with E-state index in [9.17, 15) is 20.0 Å². The SMILES string of the molecule is O=C1[C@@H]2Cc3c([nH]c4ccccc34)C(c3cccc([NH+]([O-])O)c3)N2C(=O)CN1CCCn1ccnc1. The van der Waals surface area contributed by atoms with Gasteiger partial charge in [-0.3, -0.25) is 9.59 Å². The average molecular weight is 487 g/mol. The number of nitrogens with one attached hydrogen (secondary N) is 2. The second kappa shape index (κ2) is 8.90. The largest absolute Gasteiger partial charge is 0.595 e. The molecule has 2 aromatic heterocycles. The van der Waals surface area contributed by atoms with E-state index in [1.54, 1.807) is 34.5 Å². The summed E-state index contributed by atoms with van der Waals surface area (Å²) in [5.41, 5.74) is 3.58. The van der Waals surface area contributed by atoms with Gasteiger partial charge < -0.3 is 24.6 Å². The number of fused-ring (bicyclic) bond motifs is 4. The van der Waals surface area contributed by atoms with Gasteiger partial charge in [-0.15, -0.1) is 0 Å². The van der Waals surface area contributed by atoms with Crippen LogP contribution < -0.4 is 5.23 Å². The van der Waals surface area contributed by atoms with E-state index < -0.39 is 17.3 Å². The standard InChI is InChI=1S/C26H26N6O4/c33-23-15-30(11-4-10-29-12-9-27-16-29)26(34)22-14-20-19-7-1-2-8-21(19)28-24(20)25(31(22)23)17-5-3-6-18(13-17)32(35)36/h1-3,5-9,12-13,16,22,25,28,32,35H,4,10-11,14-15H2/t22-,25?/m0/s1. The zero-order valence-electron chi connectivity index (χ0n) is 19.5. The Bertz CT molecular complexity index is 1430. The Hall–Kier alpha value is -3.99. The highest BCUT2D eigenvalue weighted by molar-refractivity contribution is 5.97. The number of carbonyl (C=O) groups excluding carboxylic acids is 2. The van der Waals surface area contributed by atoms with E-state index in [-0.39, 0.29) is 24.0 Å².